The van der Waals surface area contributed by atoms with Crippen LogP contribution in [-0.2, 0) is 0 Å². The van der Waals surface area contributed by atoms with Crippen molar-refractivity contribution in [3.8, 4) is 6.07 Å². The number of nitrogens with zero attached hydrogens (tertiary/aromatic N) is 1. The first kappa shape index (κ1) is 11.4. The molecule has 0 radical (unpaired) electrons. The molecule has 1 fully saturated rings. The van der Waals surface area contributed by atoms with Crippen molar-refractivity contribution in [1.29, 1.82) is 5.26 Å². The van der Waals surface area contributed by atoms with E-state index >= 15 is 0 Å². The molecule has 0 unspecified atom stereocenters. The van der Waals surface area contributed by atoms with Crippen molar-refractivity contribution >= 4 is 29.0 Å². The van der Waals surface area contributed by atoms with E-state index in [1.165, 1.54) is 0 Å². The third-order valence-electron chi connectivity index (χ3n) is 2.48. The molecular formula is C11H6Cl2FNO. The minimum atomic E-state index is -0.758. The van der Waals surface area contributed by atoms with Crippen LogP contribution in [0.4, 0.5) is 4.39 Å². The van der Waals surface area contributed by atoms with E-state index < -0.39 is 5.82 Å². The Balaban J connectivity index is 2.60. The molecule has 0 amide bonds. The van der Waals surface area contributed by atoms with Crippen molar-refractivity contribution in [2.75, 3.05) is 0 Å². The van der Waals surface area contributed by atoms with Crippen LogP contribution < -0.4 is 0 Å². The molecule has 0 aliphatic heterocycles. The van der Waals surface area contributed by atoms with Crippen molar-refractivity contribution < 1.29 is 9.18 Å². The Morgan fingerprint density at radius 2 is 2.12 bits per heavy atom. The summed E-state index contributed by atoms with van der Waals surface area (Å²) < 4.78 is 13.6. The molecule has 1 aromatic carbocycles. The summed E-state index contributed by atoms with van der Waals surface area (Å²) in [5, 5.41) is 8.55. The lowest BCUT2D eigenvalue weighted by atomic mass is 10.0. The van der Waals surface area contributed by atoms with Gasteiger partial charge in [0.2, 0.25) is 0 Å². The van der Waals surface area contributed by atoms with Crippen molar-refractivity contribution in [3.63, 3.8) is 0 Å². The van der Waals surface area contributed by atoms with Gasteiger partial charge in [0.1, 0.15) is 11.9 Å². The van der Waals surface area contributed by atoms with Gasteiger partial charge in [0.05, 0.1) is 21.2 Å². The van der Waals surface area contributed by atoms with E-state index in [9.17, 15) is 9.18 Å². The molecule has 1 aliphatic rings. The fourth-order valence-electron chi connectivity index (χ4n) is 1.47. The van der Waals surface area contributed by atoms with Gasteiger partial charge in [0.25, 0.3) is 0 Å². The molecule has 0 saturated heterocycles. The summed E-state index contributed by atoms with van der Waals surface area (Å²) in [5.74, 6) is -1.25. The number of rotatable bonds is 2. The maximum Gasteiger partial charge on any atom is 0.170 e. The molecule has 2 nitrogen and oxygen atoms in total. The second-order valence-corrected chi connectivity index (χ2v) is 4.44. The monoisotopic (exact) mass is 257 g/mol. The van der Waals surface area contributed by atoms with Gasteiger partial charge in [0.15, 0.2) is 5.78 Å². The van der Waals surface area contributed by atoms with E-state index in [1.807, 2.05) is 0 Å². The molecule has 5 heteroatoms. The summed E-state index contributed by atoms with van der Waals surface area (Å²) in [6.45, 7) is 0. The Kier molecular flexibility index (Phi) is 2.88. The molecule has 0 N–H and O–H groups in total. The van der Waals surface area contributed by atoms with Crippen LogP contribution in [0.15, 0.2) is 6.07 Å². The van der Waals surface area contributed by atoms with E-state index in [0.29, 0.717) is 0 Å². The number of carbonyl (C=O) groups is 1. The minimum Gasteiger partial charge on any atom is -0.294 e. The number of hydrogen-bond acceptors (Lipinski definition) is 2. The van der Waals surface area contributed by atoms with Gasteiger partial charge in [-0.05, 0) is 18.9 Å². The lowest BCUT2D eigenvalue weighted by Crippen LogP contribution is -2.07. The zero-order chi connectivity index (χ0) is 11.9. The van der Waals surface area contributed by atoms with Gasteiger partial charge < -0.3 is 0 Å². The SMILES string of the molecule is N#Cc1c(Cl)cc(F)c(C(=O)C2CC2)c1Cl. The highest BCUT2D eigenvalue weighted by Crippen LogP contribution is 2.38. The van der Waals surface area contributed by atoms with E-state index in [4.69, 9.17) is 28.5 Å². The molecule has 0 atom stereocenters. The van der Waals surface area contributed by atoms with Gasteiger partial charge in [-0.3, -0.25) is 4.79 Å². The van der Waals surface area contributed by atoms with Crippen LogP contribution in [0, 0.1) is 23.1 Å². The second-order valence-electron chi connectivity index (χ2n) is 3.65. The van der Waals surface area contributed by atoms with Gasteiger partial charge in [-0.2, -0.15) is 5.26 Å². The fraction of sp³-hybridized carbons (Fsp3) is 0.273. The first-order chi connectivity index (χ1) is 7.56. The molecule has 0 heterocycles. The fourth-order valence-corrected chi connectivity index (χ4v) is 2.08. The first-order valence-electron chi connectivity index (χ1n) is 4.68. The van der Waals surface area contributed by atoms with Gasteiger partial charge in [-0.1, -0.05) is 23.2 Å². The van der Waals surface area contributed by atoms with Crippen LogP contribution >= 0.6 is 23.2 Å². The number of nitriles is 1. The zero-order valence-electron chi connectivity index (χ0n) is 8.06. The Morgan fingerprint density at radius 1 is 1.50 bits per heavy atom. The number of carbonyl (C=O) groups excluding carboxylic acids is 1. The number of ketones is 1. The summed E-state index contributed by atoms with van der Waals surface area (Å²) in [7, 11) is 0. The maximum absolute atomic E-state index is 13.6. The van der Waals surface area contributed by atoms with Gasteiger partial charge in [0, 0.05) is 5.92 Å². The lowest BCUT2D eigenvalue weighted by molar-refractivity contribution is 0.0964. The largest absolute Gasteiger partial charge is 0.294 e. The molecule has 82 valence electrons. The third-order valence-corrected chi connectivity index (χ3v) is 3.15. The average molecular weight is 258 g/mol. The van der Waals surface area contributed by atoms with Gasteiger partial charge in [-0.15, -0.1) is 0 Å². The second kappa shape index (κ2) is 4.04. The van der Waals surface area contributed by atoms with E-state index in [0.717, 1.165) is 18.9 Å². The van der Waals surface area contributed by atoms with Crippen LogP contribution in [0.3, 0.4) is 0 Å². The number of halogens is 3. The standard InChI is InChI=1S/C11H6Cl2FNO/c12-7-3-8(14)9(10(13)6(7)4-15)11(16)5-1-2-5/h3,5H,1-2H2. The van der Waals surface area contributed by atoms with Crippen molar-refractivity contribution in [3.05, 3.63) is 33.1 Å². The topological polar surface area (TPSA) is 40.9 Å². The Hall–Kier alpha value is -1.11. The van der Waals surface area contributed by atoms with Crippen molar-refractivity contribution in [1.82, 2.24) is 0 Å². The van der Waals surface area contributed by atoms with Crippen LogP contribution in [-0.4, -0.2) is 5.78 Å². The maximum atomic E-state index is 13.6. The lowest BCUT2D eigenvalue weighted by Gasteiger charge is -2.07. The minimum absolute atomic E-state index is 0.0475. The Labute approximate surface area is 102 Å². The predicted molar refractivity (Wildman–Crippen MR) is 58.2 cm³/mol. The Morgan fingerprint density at radius 3 is 2.62 bits per heavy atom. The van der Waals surface area contributed by atoms with Crippen LogP contribution in [0.5, 0.6) is 0 Å². The summed E-state index contributed by atoms with van der Waals surface area (Å²) in [5.41, 5.74) is -0.251. The zero-order valence-corrected chi connectivity index (χ0v) is 9.57. The average Bonchev–Trinajstić information content (AvgIpc) is 3.00. The third kappa shape index (κ3) is 1.79. The van der Waals surface area contributed by atoms with Crippen LogP contribution in [0.25, 0.3) is 0 Å². The molecule has 0 bridgehead atoms. The van der Waals surface area contributed by atoms with Crippen molar-refractivity contribution in [2.24, 2.45) is 5.92 Å². The Bertz CT molecular complexity index is 518. The predicted octanol–water partition coefficient (Wildman–Crippen LogP) is 3.60. The summed E-state index contributed by atoms with van der Waals surface area (Å²) in [6, 6.07) is 2.72. The molecule has 1 aromatic rings. The van der Waals surface area contributed by atoms with Crippen molar-refractivity contribution in [2.45, 2.75) is 12.8 Å². The highest BCUT2D eigenvalue weighted by Gasteiger charge is 2.34. The smallest absolute Gasteiger partial charge is 0.170 e. The highest BCUT2D eigenvalue weighted by molar-refractivity contribution is 6.38. The number of hydrogen-bond donors (Lipinski definition) is 0. The molecule has 0 spiro atoms. The number of Topliss-reactive ketones (excluding diaryl/α,β-unsaturated/α-hetero) is 1. The van der Waals surface area contributed by atoms with Crippen LogP contribution in [0.2, 0.25) is 10.0 Å². The molecular weight excluding hydrogens is 252 g/mol. The summed E-state index contributed by atoms with van der Waals surface area (Å²) in [6.07, 6.45) is 1.50. The summed E-state index contributed by atoms with van der Waals surface area (Å²) >= 11 is 11.5. The van der Waals surface area contributed by atoms with E-state index in [2.05, 4.69) is 0 Å². The highest BCUT2D eigenvalue weighted by atomic mass is 35.5. The quantitative estimate of drug-likeness (QED) is 0.760. The van der Waals surface area contributed by atoms with Gasteiger partial charge >= 0.3 is 0 Å². The summed E-state index contributed by atoms with van der Waals surface area (Å²) in [4.78, 5) is 11.8. The molecule has 2 rings (SSSR count). The normalized spacial score (nSPS) is 14.6. The molecule has 1 aliphatic carbocycles. The van der Waals surface area contributed by atoms with Gasteiger partial charge in [-0.25, -0.2) is 4.39 Å². The molecule has 16 heavy (non-hydrogen) atoms. The first-order valence-corrected chi connectivity index (χ1v) is 5.43. The van der Waals surface area contributed by atoms with E-state index in [1.54, 1.807) is 6.07 Å². The van der Waals surface area contributed by atoms with Crippen LogP contribution in [0.1, 0.15) is 28.8 Å². The number of benzene rings is 1. The van der Waals surface area contributed by atoms with E-state index in [-0.39, 0.29) is 32.9 Å². The molecule has 1 saturated carbocycles. The molecule has 0 aromatic heterocycles.